The summed E-state index contributed by atoms with van der Waals surface area (Å²) in [6.45, 7) is 4.19. The van der Waals surface area contributed by atoms with Crippen LogP contribution in [0.15, 0.2) is 0 Å². The van der Waals surface area contributed by atoms with Gasteiger partial charge in [-0.05, 0) is 27.2 Å². The fourth-order valence-corrected chi connectivity index (χ4v) is 1.50. The van der Waals surface area contributed by atoms with Crippen molar-refractivity contribution in [2.24, 2.45) is 0 Å². The van der Waals surface area contributed by atoms with Crippen molar-refractivity contribution in [3.8, 4) is 0 Å². The van der Waals surface area contributed by atoms with Crippen molar-refractivity contribution in [1.29, 1.82) is 0 Å². The zero-order valence-corrected chi connectivity index (χ0v) is 12.8. The zero-order valence-electron chi connectivity index (χ0n) is 9.18. The molecule has 0 heterocycles. The molecular formula is C8H18MoN2O2S2-2. The third-order valence-electron chi connectivity index (χ3n) is 1.81. The molecule has 0 bridgehead atoms. The molecule has 15 heavy (non-hydrogen) atoms. The normalized spacial score (nSPS) is 10.0. The molecule has 0 saturated heterocycles. The molecule has 0 aliphatic heterocycles. The van der Waals surface area contributed by atoms with Crippen LogP contribution in [0.1, 0.15) is 0 Å². The van der Waals surface area contributed by atoms with Crippen LogP contribution >= 0.6 is 0 Å². The van der Waals surface area contributed by atoms with E-state index in [9.17, 15) is 0 Å². The first-order valence-electron chi connectivity index (χ1n) is 4.57. The minimum absolute atomic E-state index is 0.821. The van der Waals surface area contributed by atoms with E-state index < -0.39 is 18.5 Å². The molecular weight excluding hydrogens is 316 g/mol. The molecule has 0 unspecified atom stereocenters. The minimum atomic E-state index is -2.03. The summed E-state index contributed by atoms with van der Waals surface area (Å²) in [6.07, 6.45) is 0. The van der Waals surface area contributed by atoms with Gasteiger partial charge >= 0.3 is 25.3 Å². The monoisotopic (exact) mass is 336 g/mol. The number of likely N-dealkylation sites (N-methyl/N-ethyl adjacent to an activating group) is 2. The van der Waals surface area contributed by atoms with Gasteiger partial charge in [0.1, 0.15) is 0 Å². The molecule has 92 valence electrons. The zero-order chi connectivity index (χ0) is 12.1. The van der Waals surface area contributed by atoms with Gasteiger partial charge in [0.2, 0.25) is 0 Å². The Kier molecular flexibility index (Phi) is 18.2. The molecule has 0 N–H and O–H groups in total. The van der Waals surface area contributed by atoms with E-state index in [-0.39, 0.29) is 0 Å². The van der Waals surface area contributed by atoms with Crippen LogP contribution in [-0.4, -0.2) is 61.6 Å². The first-order chi connectivity index (χ1) is 7.12. The molecule has 0 spiro atoms. The molecule has 0 fully saturated rings. The third kappa shape index (κ3) is 17.5. The molecule has 4 nitrogen and oxygen atoms in total. The number of rotatable bonds is 7. The maximum atomic E-state index is 8.50. The Balaban J connectivity index is 0. The van der Waals surface area contributed by atoms with Crippen LogP contribution in [0.5, 0.6) is 0 Å². The molecule has 0 rings (SSSR count). The Morgan fingerprint density at radius 3 is 1.33 bits per heavy atom. The number of nitrogens with zero attached hydrogens (tertiary/aromatic N) is 2. The molecule has 0 atom stereocenters. The van der Waals surface area contributed by atoms with Crippen molar-refractivity contribution >= 4 is 25.3 Å². The van der Waals surface area contributed by atoms with Crippen molar-refractivity contribution in [2.45, 2.75) is 0 Å². The summed E-state index contributed by atoms with van der Waals surface area (Å²) in [4.78, 5) is 4.51. The van der Waals surface area contributed by atoms with Gasteiger partial charge in [0.15, 0.2) is 0 Å². The first kappa shape index (κ1) is 18.3. The molecule has 0 radical (unpaired) electrons. The Hall–Kier alpha value is 0.908. The summed E-state index contributed by atoms with van der Waals surface area (Å²) in [6, 6.07) is 0. The summed E-state index contributed by atoms with van der Waals surface area (Å²) in [5.41, 5.74) is 0. The topological polar surface area (TPSA) is 40.6 Å². The van der Waals surface area contributed by atoms with E-state index in [0.29, 0.717) is 0 Å². The summed E-state index contributed by atoms with van der Waals surface area (Å²) in [7, 11) is 4.21. The van der Waals surface area contributed by atoms with Crippen molar-refractivity contribution in [1.82, 2.24) is 9.80 Å². The van der Waals surface area contributed by atoms with Gasteiger partial charge in [-0.1, -0.05) is 0 Å². The third-order valence-corrected chi connectivity index (χ3v) is 2.17. The van der Waals surface area contributed by atoms with Gasteiger partial charge < -0.3 is 35.1 Å². The predicted molar refractivity (Wildman–Crippen MR) is 60.8 cm³/mol. The Bertz CT molecular complexity index is 157. The Morgan fingerprint density at radius 1 is 0.867 bits per heavy atom. The summed E-state index contributed by atoms with van der Waals surface area (Å²) >= 11 is 7.74. The molecule has 0 aromatic heterocycles. The fourth-order valence-electron chi connectivity index (χ4n) is 0.877. The van der Waals surface area contributed by atoms with Gasteiger partial charge in [-0.25, -0.2) is 0 Å². The fraction of sp³-hybridized carbons (Fsp3) is 1.00. The van der Waals surface area contributed by atoms with E-state index in [1.807, 2.05) is 0 Å². The van der Waals surface area contributed by atoms with Crippen molar-refractivity contribution in [2.75, 3.05) is 51.8 Å². The van der Waals surface area contributed by atoms with Gasteiger partial charge in [-0.3, -0.25) is 0 Å². The SMILES string of the molecule is CN(CC[S-])CCN(C)CC[S-].[O]=[Mo]=[O]. The second-order valence-electron chi connectivity index (χ2n) is 3.08. The van der Waals surface area contributed by atoms with Gasteiger partial charge in [0.25, 0.3) is 0 Å². The van der Waals surface area contributed by atoms with E-state index in [2.05, 4.69) is 23.9 Å². The molecule has 0 saturated carbocycles. The summed E-state index contributed by atoms with van der Waals surface area (Å²) < 4.78 is 17.0. The van der Waals surface area contributed by atoms with Gasteiger partial charge in [0, 0.05) is 13.1 Å². The standard InChI is InChI=1S/C8H20N2S2.Mo.2O/c1-9(5-7-11)3-4-10(2)6-8-12;;;/h11-12H,3-8H2,1-2H3;;;/p-2. The van der Waals surface area contributed by atoms with E-state index in [0.717, 1.165) is 37.7 Å². The molecule has 0 aliphatic carbocycles. The second-order valence-corrected chi connectivity index (χ2v) is 4.23. The van der Waals surface area contributed by atoms with Crippen LogP contribution < -0.4 is 0 Å². The van der Waals surface area contributed by atoms with Crippen LogP contribution in [0.25, 0.3) is 0 Å². The Morgan fingerprint density at radius 2 is 1.13 bits per heavy atom. The molecule has 0 aliphatic rings. The van der Waals surface area contributed by atoms with E-state index in [1.54, 1.807) is 0 Å². The number of hydrogen-bond acceptors (Lipinski definition) is 6. The van der Waals surface area contributed by atoms with Crippen LogP contribution in [-0.2, 0) is 50.5 Å². The van der Waals surface area contributed by atoms with Gasteiger partial charge in [-0.2, -0.15) is 11.5 Å². The van der Waals surface area contributed by atoms with Crippen LogP contribution in [0.4, 0.5) is 0 Å². The first-order valence-corrected chi connectivity index (χ1v) is 7.36. The second kappa shape index (κ2) is 14.9. The maximum absolute atomic E-state index is 8.50. The van der Waals surface area contributed by atoms with Crippen molar-refractivity contribution < 1.29 is 25.3 Å². The van der Waals surface area contributed by atoms with Crippen LogP contribution in [0.2, 0.25) is 0 Å². The van der Waals surface area contributed by atoms with Crippen molar-refractivity contribution in [3.05, 3.63) is 0 Å². The molecule has 0 aromatic carbocycles. The van der Waals surface area contributed by atoms with E-state index in [4.69, 9.17) is 32.1 Å². The van der Waals surface area contributed by atoms with Crippen LogP contribution in [0.3, 0.4) is 0 Å². The predicted octanol–water partition coefficient (Wildman–Crippen LogP) is -0.296. The Labute approximate surface area is 112 Å². The summed E-state index contributed by atoms with van der Waals surface area (Å²) in [5, 5.41) is 0. The average molecular weight is 334 g/mol. The average Bonchev–Trinajstić information content (AvgIpc) is 2.17. The quantitative estimate of drug-likeness (QED) is 0.471. The van der Waals surface area contributed by atoms with Crippen molar-refractivity contribution in [3.63, 3.8) is 0 Å². The van der Waals surface area contributed by atoms with E-state index >= 15 is 0 Å². The molecule has 0 aromatic rings. The van der Waals surface area contributed by atoms with E-state index in [1.165, 1.54) is 0 Å². The summed E-state index contributed by atoms with van der Waals surface area (Å²) in [5.74, 6) is 1.64. The van der Waals surface area contributed by atoms with Gasteiger partial charge in [0.05, 0.1) is 0 Å². The molecule has 0 amide bonds. The number of hydrogen-bond donors (Lipinski definition) is 0. The van der Waals surface area contributed by atoms with Gasteiger partial charge in [-0.15, -0.1) is 0 Å². The van der Waals surface area contributed by atoms with Crippen LogP contribution in [0, 0.1) is 0 Å². The molecule has 7 heteroatoms.